The van der Waals surface area contributed by atoms with Gasteiger partial charge in [-0.3, -0.25) is 9.59 Å². The van der Waals surface area contributed by atoms with E-state index < -0.39 is 22.4 Å². The summed E-state index contributed by atoms with van der Waals surface area (Å²) in [5.41, 5.74) is 0.700. The molecule has 0 bridgehead atoms. The lowest BCUT2D eigenvalue weighted by molar-refractivity contribution is -0.137. The molecule has 8 heteroatoms. The van der Waals surface area contributed by atoms with Gasteiger partial charge in [0.05, 0.1) is 27.4 Å². The minimum atomic E-state index is -0.999. The monoisotopic (exact) mass is 645 g/mol. The van der Waals surface area contributed by atoms with Gasteiger partial charge in [0, 0.05) is 36.8 Å². The normalized spacial score (nSPS) is 19.5. The van der Waals surface area contributed by atoms with Gasteiger partial charge in [0.25, 0.3) is 0 Å². The number of carbonyl (C=O) groups excluding carboxylic acids is 1. The Hall–Kier alpha value is -3.88. The molecule has 1 amide bonds. The third-order valence-electron chi connectivity index (χ3n) is 10.1. The summed E-state index contributed by atoms with van der Waals surface area (Å²) in [6.07, 6.45) is 5.98. The Kier molecular flexibility index (Phi) is 12.5. The van der Waals surface area contributed by atoms with Crippen molar-refractivity contribution in [3.05, 3.63) is 95.6 Å². The van der Waals surface area contributed by atoms with Gasteiger partial charge in [-0.1, -0.05) is 94.1 Å². The van der Waals surface area contributed by atoms with E-state index in [-0.39, 0.29) is 25.5 Å². The molecule has 3 aromatic carbocycles. The van der Waals surface area contributed by atoms with Crippen LogP contribution in [0.2, 0.25) is 0 Å². The summed E-state index contributed by atoms with van der Waals surface area (Å²) >= 11 is 0. The van der Waals surface area contributed by atoms with Crippen LogP contribution in [0.5, 0.6) is 11.5 Å². The standard InChI is InChI=1S/C39H51NO7/c1-37(28-41)26-40(35(42)16-12-7-5-6-8-13-17-36(43)44)27-38(37,2)29-47-39(30-14-10-9-11-15-30,31-18-22-33(45-3)23-19-31)32-20-24-34(46-4)25-21-32/h9-11,14-15,18-25,41H,5-8,12-13,16-17,26-29H2,1-4H3,(H,43,44)/t37-,38+/m0/s1. The highest BCUT2D eigenvalue weighted by molar-refractivity contribution is 5.76. The Balaban J connectivity index is 1.57. The number of carbonyl (C=O) groups is 2. The van der Waals surface area contributed by atoms with Gasteiger partial charge in [-0.15, -0.1) is 0 Å². The highest BCUT2D eigenvalue weighted by Crippen LogP contribution is 2.49. The van der Waals surface area contributed by atoms with Crippen LogP contribution in [0.4, 0.5) is 0 Å². The molecule has 0 spiro atoms. The van der Waals surface area contributed by atoms with E-state index >= 15 is 0 Å². The van der Waals surface area contributed by atoms with Crippen molar-refractivity contribution in [2.24, 2.45) is 10.8 Å². The van der Waals surface area contributed by atoms with Crippen LogP contribution < -0.4 is 9.47 Å². The van der Waals surface area contributed by atoms with Crippen LogP contribution in [-0.4, -0.2) is 67.5 Å². The van der Waals surface area contributed by atoms with Crippen molar-refractivity contribution in [1.29, 1.82) is 0 Å². The van der Waals surface area contributed by atoms with Gasteiger partial charge in [-0.05, 0) is 53.8 Å². The van der Waals surface area contributed by atoms with Crippen molar-refractivity contribution in [3.8, 4) is 11.5 Å². The van der Waals surface area contributed by atoms with Gasteiger partial charge in [-0.25, -0.2) is 0 Å². The molecule has 47 heavy (non-hydrogen) atoms. The van der Waals surface area contributed by atoms with E-state index in [1.165, 1.54) is 0 Å². The third kappa shape index (κ3) is 8.35. The summed E-state index contributed by atoms with van der Waals surface area (Å²) in [5, 5.41) is 19.6. The molecule has 3 aromatic rings. The zero-order valence-corrected chi connectivity index (χ0v) is 28.4. The molecule has 0 unspecified atom stereocenters. The molecule has 254 valence electrons. The molecule has 1 heterocycles. The van der Waals surface area contributed by atoms with E-state index in [0.29, 0.717) is 25.9 Å². The first-order valence-corrected chi connectivity index (χ1v) is 16.7. The van der Waals surface area contributed by atoms with Crippen molar-refractivity contribution >= 4 is 11.9 Å². The second-order valence-corrected chi connectivity index (χ2v) is 13.3. The van der Waals surface area contributed by atoms with E-state index in [0.717, 1.165) is 60.3 Å². The van der Waals surface area contributed by atoms with Crippen LogP contribution in [-0.2, 0) is 19.9 Å². The molecule has 0 saturated carbocycles. The summed E-state index contributed by atoms with van der Waals surface area (Å²) < 4.78 is 18.2. The Labute approximate surface area is 279 Å². The van der Waals surface area contributed by atoms with Gasteiger partial charge in [0.2, 0.25) is 5.91 Å². The number of hydrogen-bond acceptors (Lipinski definition) is 6. The number of nitrogens with zero attached hydrogens (tertiary/aromatic N) is 1. The first kappa shape index (κ1) is 36.0. The number of aliphatic hydroxyl groups is 1. The predicted molar refractivity (Wildman–Crippen MR) is 183 cm³/mol. The Bertz CT molecular complexity index is 1380. The zero-order valence-electron chi connectivity index (χ0n) is 28.4. The molecular weight excluding hydrogens is 594 g/mol. The van der Waals surface area contributed by atoms with Gasteiger partial charge in [-0.2, -0.15) is 0 Å². The first-order chi connectivity index (χ1) is 22.6. The van der Waals surface area contributed by atoms with E-state index in [1.807, 2.05) is 78.6 Å². The lowest BCUT2D eigenvalue weighted by Crippen LogP contribution is -2.46. The molecule has 0 aliphatic carbocycles. The Morgan fingerprint density at radius 3 is 1.66 bits per heavy atom. The van der Waals surface area contributed by atoms with Crippen molar-refractivity contribution in [3.63, 3.8) is 0 Å². The van der Waals surface area contributed by atoms with Crippen LogP contribution in [0.15, 0.2) is 78.9 Å². The minimum Gasteiger partial charge on any atom is -0.497 e. The van der Waals surface area contributed by atoms with Crippen molar-refractivity contribution in [1.82, 2.24) is 4.90 Å². The number of methoxy groups -OCH3 is 2. The van der Waals surface area contributed by atoms with Crippen LogP contribution in [0.1, 0.15) is 81.9 Å². The molecule has 2 N–H and O–H groups in total. The molecular formula is C39H51NO7. The molecule has 0 aromatic heterocycles. The predicted octanol–water partition coefficient (Wildman–Crippen LogP) is 7.06. The number of likely N-dealkylation sites (tertiary alicyclic amines) is 1. The second-order valence-electron chi connectivity index (χ2n) is 13.3. The minimum absolute atomic E-state index is 0.0730. The second kappa shape index (κ2) is 16.3. The fraction of sp³-hybridized carbons (Fsp3) is 0.487. The lowest BCUT2D eigenvalue weighted by Gasteiger charge is -2.43. The molecule has 1 aliphatic rings. The van der Waals surface area contributed by atoms with Crippen LogP contribution in [0.25, 0.3) is 0 Å². The zero-order chi connectivity index (χ0) is 33.9. The summed E-state index contributed by atoms with van der Waals surface area (Å²) in [6, 6.07) is 26.0. The average Bonchev–Trinajstić information content (AvgIpc) is 3.37. The van der Waals surface area contributed by atoms with Crippen LogP contribution in [0.3, 0.4) is 0 Å². The molecule has 1 saturated heterocycles. The summed E-state index contributed by atoms with van der Waals surface area (Å²) in [5.74, 6) is 0.835. The average molecular weight is 646 g/mol. The number of aliphatic hydroxyl groups excluding tert-OH is 1. The quantitative estimate of drug-likeness (QED) is 0.113. The van der Waals surface area contributed by atoms with E-state index in [2.05, 4.69) is 19.1 Å². The number of carboxylic acids is 1. The number of aliphatic carboxylic acids is 1. The van der Waals surface area contributed by atoms with Crippen LogP contribution in [0, 0.1) is 10.8 Å². The van der Waals surface area contributed by atoms with Crippen molar-refractivity contribution in [2.45, 2.75) is 70.8 Å². The summed E-state index contributed by atoms with van der Waals surface area (Å²) in [7, 11) is 3.29. The molecule has 1 aliphatic heterocycles. The first-order valence-electron chi connectivity index (χ1n) is 16.7. The maximum absolute atomic E-state index is 13.4. The number of unbranched alkanes of at least 4 members (excludes halogenated alkanes) is 5. The maximum Gasteiger partial charge on any atom is 0.303 e. The molecule has 1 fully saturated rings. The highest BCUT2D eigenvalue weighted by Gasteiger charge is 2.54. The van der Waals surface area contributed by atoms with Crippen molar-refractivity contribution in [2.75, 3.05) is 40.5 Å². The Morgan fingerprint density at radius 1 is 0.702 bits per heavy atom. The Morgan fingerprint density at radius 2 is 1.17 bits per heavy atom. The van der Waals surface area contributed by atoms with E-state index in [9.17, 15) is 14.7 Å². The summed E-state index contributed by atoms with van der Waals surface area (Å²) in [4.78, 5) is 26.1. The lowest BCUT2D eigenvalue weighted by atomic mass is 9.68. The van der Waals surface area contributed by atoms with Gasteiger partial charge in [0.15, 0.2) is 0 Å². The number of carboxylic acid groups (broad SMARTS) is 1. The highest BCUT2D eigenvalue weighted by atomic mass is 16.5. The maximum atomic E-state index is 13.4. The largest absolute Gasteiger partial charge is 0.497 e. The number of hydrogen-bond donors (Lipinski definition) is 2. The summed E-state index contributed by atoms with van der Waals surface area (Å²) in [6.45, 7) is 5.32. The molecule has 2 atom stereocenters. The molecule has 4 rings (SSSR count). The van der Waals surface area contributed by atoms with Gasteiger partial charge < -0.3 is 29.3 Å². The van der Waals surface area contributed by atoms with Gasteiger partial charge in [0.1, 0.15) is 17.1 Å². The number of amides is 1. The van der Waals surface area contributed by atoms with Crippen LogP contribution >= 0.6 is 0 Å². The number of rotatable bonds is 18. The number of ether oxygens (including phenoxy) is 3. The fourth-order valence-electron chi connectivity index (χ4n) is 6.68. The smallest absolute Gasteiger partial charge is 0.303 e. The molecule has 8 nitrogen and oxygen atoms in total. The SMILES string of the molecule is COc1ccc(C(OC[C@@]2(C)CN(C(=O)CCCCCCCCC(=O)O)C[C@@]2(C)CO)(c2ccccc2)c2ccc(OC)cc2)cc1. The topological polar surface area (TPSA) is 106 Å². The van der Waals surface area contributed by atoms with E-state index in [1.54, 1.807) is 14.2 Å². The fourth-order valence-corrected chi connectivity index (χ4v) is 6.68. The van der Waals surface area contributed by atoms with E-state index in [4.69, 9.17) is 19.3 Å². The number of benzene rings is 3. The molecule has 0 radical (unpaired) electrons. The third-order valence-corrected chi connectivity index (χ3v) is 10.1. The van der Waals surface area contributed by atoms with Gasteiger partial charge >= 0.3 is 5.97 Å². The van der Waals surface area contributed by atoms with Crippen molar-refractivity contribution < 1.29 is 34.0 Å².